The maximum Gasteiger partial charge on any atom is 0.337 e. The van der Waals surface area contributed by atoms with Gasteiger partial charge in [-0.2, -0.15) is 0 Å². The lowest BCUT2D eigenvalue weighted by molar-refractivity contribution is 0.0697. The highest BCUT2D eigenvalue weighted by Crippen LogP contribution is 2.20. The van der Waals surface area contributed by atoms with Gasteiger partial charge in [0.2, 0.25) is 0 Å². The molecular weight excluding hydrogens is 258 g/mol. The van der Waals surface area contributed by atoms with E-state index in [1.165, 1.54) is 12.1 Å². The summed E-state index contributed by atoms with van der Waals surface area (Å²) in [6, 6.07) is 11.9. The predicted molar refractivity (Wildman–Crippen MR) is 74.5 cm³/mol. The van der Waals surface area contributed by atoms with Crippen molar-refractivity contribution < 1.29 is 19.7 Å². The highest BCUT2D eigenvalue weighted by atomic mass is 16.5. The van der Waals surface area contributed by atoms with Crippen LogP contribution in [0.2, 0.25) is 0 Å². The van der Waals surface area contributed by atoms with Crippen LogP contribution in [0, 0.1) is 0 Å². The van der Waals surface area contributed by atoms with Gasteiger partial charge in [-0.15, -0.1) is 0 Å². The minimum absolute atomic E-state index is 0.00106. The number of anilines is 1. The van der Waals surface area contributed by atoms with E-state index in [1.807, 2.05) is 24.3 Å². The molecule has 0 radical (unpaired) electrons. The third-order valence-electron chi connectivity index (χ3n) is 2.87. The molecule has 0 aliphatic carbocycles. The molecule has 0 bridgehead atoms. The van der Waals surface area contributed by atoms with Crippen LogP contribution in [-0.4, -0.2) is 16.2 Å². The van der Waals surface area contributed by atoms with Gasteiger partial charge in [-0.25, -0.2) is 4.79 Å². The van der Waals surface area contributed by atoms with Crippen LogP contribution in [-0.2, 0) is 13.2 Å². The molecule has 0 spiro atoms. The van der Waals surface area contributed by atoms with Crippen molar-refractivity contribution in [1.82, 2.24) is 0 Å². The number of carbonyl (C=O) groups is 1. The van der Waals surface area contributed by atoms with E-state index in [-0.39, 0.29) is 17.9 Å². The molecule has 0 fully saturated rings. The van der Waals surface area contributed by atoms with Crippen molar-refractivity contribution in [2.24, 2.45) is 0 Å². The Morgan fingerprint density at radius 2 is 1.75 bits per heavy atom. The lowest BCUT2D eigenvalue weighted by Crippen LogP contribution is -2.03. The van der Waals surface area contributed by atoms with E-state index in [9.17, 15) is 4.79 Å². The number of rotatable bonds is 5. The standard InChI is InChI=1S/C15H15NO4/c16-14-6-5-12(7-13(14)15(18)19)20-9-11-3-1-10(8-17)2-4-11/h1-7,17H,8-9,16H2,(H,18,19). The Morgan fingerprint density at radius 1 is 1.10 bits per heavy atom. The molecule has 2 aromatic rings. The van der Waals surface area contributed by atoms with E-state index < -0.39 is 5.97 Å². The van der Waals surface area contributed by atoms with Gasteiger partial charge in [0.25, 0.3) is 0 Å². The zero-order valence-electron chi connectivity index (χ0n) is 10.7. The van der Waals surface area contributed by atoms with E-state index in [4.69, 9.17) is 20.7 Å². The van der Waals surface area contributed by atoms with E-state index in [0.717, 1.165) is 11.1 Å². The lowest BCUT2D eigenvalue weighted by Gasteiger charge is -2.09. The third-order valence-corrected chi connectivity index (χ3v) is 2.87. The molecule has 0 unspecified atom stereocenters. The minimum Gasteiger partial charge on any atom is -0.489 e. The SMILES string of the molecule is Nc1ccc(OCc2ccc(CO)cc2)cc1C(=O)O. The monoisotopic (exact) mass is 273 g/mol. The lowest BCUT2D eigenvalue weighted by atomic mass is 10.1. The molecule has 5 heteroatoms. The molecule has 0 saturated carbocycles. The average molecular weight is 273 g/mol. The van der Waals surface area contributed by atoms with Gasteiger partial charge in [0, 0.05) is 5.69 Å². The first-order valence-electron chi connectivity index (χ1n) is 6.04. The molecule has 0 saturated heterocycles. The molecule has 4 N–H and O–H groups in total. The Balaban J connectivity index is 2.06. The molecule has 0 aromatic heterocycles. The highest BCUT2D eigenvalue weighted by Gasteiger charge is 2.09. The number of aliphatic hydroxyl groups is 1. The van der Waals surface area contributed by atoms with Crippen LogP contribution in [0.3, 0.4) is 0 Å². The van der Waals surface area contributed by atoms with Gasteiger partial charge in [0.15, 0.2) is 0 Å². The number of aromatic carboxylic acids is 1. The summed E-state index contributed by atoms with van der Waals surface area (Å²) in [6.45, 7) is 0.315. The molecule has 20 heavy (non-hydrogen) atoms. The topological polar surface area (TPSA) is 92.8 Å². The zero-order valence-corrected chi connectivity index (χ0v) is 10.7. The molecule has 0 aliphatic heterocycles. The van der Waals surface area contributed by atoms with Crippen LogP contribution in [0.5, 0.6) is 5.75 Å². The highest BCUT2D eigenvalue weighted by molar-refractivity contribution is 5.94. The van der Waals surface area contributed by atoms with Gasteiger partial charge < -0.3 is 20.7 Å². The van der Waals surface area contributed by atoms with E-state index in [0.29, 0.717) is 12.4 Å². The zero-order chi connectivity index (χ0) is 14.5. The van der Waals surface area contributed by atoms with Gasteiger partial charge in [-0.1, -0.05) is 24.3 Å². The second kappa shape index (κ2) is 6.08. The molecule has 0 heterocycles. The van der Waals surface area contributed by atoms with Crippen molar-refractivity contribution in [3.05, 3.63) is 59.2 Å². The molecule has 0 aliphatic rings. The first kappa shape index (κ1) is 13.9. The van der Waals surface area contributed by atoms with E-state index in [2.05, 4.69) is 0 Å². The fraction of sp³-hybridized carbons (Fsp3) is 0.133. The van der Waals surface area contributed by atoms with Gasteiger partial charge >= 0.3 is 5.97 Å². The number of aliphatic hydroxyl groups excluding tert-OH is 1. The first-order chi connectivity index (χ1) is 9.60. The molecular formula is C15H15NO4. The van der Waals surface area contributed by atoms with Crippen molar-refractivity contribution in [2.45, 2.75) is 13.2 Å². The minimum atomic E-state index is -1.08. The fourth-order valence-electron chi connectivity index (χ4n) is 1.72. The molecule has 104 valence electrons. The van der Waals surface area contributed by atoms with Crippen LogP contribution in [0.1, 0.15) is 21.5 Å². The van der Waals surface area contributed by atoms with Gasteiger partial charge in [-0.05, 0) is 29.3 Å². The molecule has 2 aromatic carbocycles. The Labute approximate surface area is 116 Å². The number of hydrogen-bond donors (Lipinski definition) is 3. The molecule has 0 atom stereocenters. The second-order valence-electron chi connectivity index (χ2n) is 4.32. The number of ether oxygens (including phenoxy) is 1. The van der Waals surface area contributed by atoms with Crippen LogP contribution >= 0.6 is 0 Å². The largest absolute Gasteiger partial charge is 0.489 e. The van der Waals surface area contributed by atoms with Crippen molar-refractivity contribution in [1.29, 1.82) is 0 Å². The van der Waals surface area contributed by atoms with Crippen molar-refractivity contribution >= 4 is 11.7 Å². The van der Waals surface area contributed by atoms with Crippen LogP contribution < -0.4 is 10.5 Å². The molecule has 0 amide bonds. The summed E-state index contributed by atoms with van der Waals surface area (Å²) in [5.74, 6) is -0.636. The number of nitrogen functional groups attached to an aromatic ring is 1. The Kier molecular flexibility index (Phi) is 4.22. The number of hydrogen-bond acceptors (Lipinski definition) is 4. The Morgan fingerprint density at radius 3 is 2.35 bits per heavy atom. The summed E-state index contributed by atoms with van der Waals surface area (Å²) < 4.78 is 5.53. The molecule has 2 rings (SSSR count). The van der Waals surface area contributed by atoms with Crippen molar-refractivity contribution in [2.75, 3.05) is 5.73 Å². The van der Waals surface area contributed by atoms with Gasteiger partial charge in [0.1, 0.15) is 12.4 Å². The predicted octanol–water partition coefficient (Wildman–Crippen LogP) is 2.04. The summed E-state index contributed by atoms with van der Waals surface area (Å²) in [7, 11) is 0. The second-order valence-corrected chi connectivity index (χ2v) is 4.32. The van der Waals surface area contributed by atoms with Crippen molar-refractivity contribution in [3.8, 4) is 5.75 Å². The third kappa shape index (κ3) is 3.27. The number of carboxylic acids is 1. The van der Waals surface area contributed by atoms with Crippen LogP contribution in [0.25, 0.3) is 0 Å². The Bertz CT molecular complexity index is 608. The molecule has 5 nitrogen and oxygen atoms in total. The number of benzene rings is 2. The summed E-state index contributed by atoms with van der Waals surface area (Å²) in [6.07, 6.45) is 0. The van der Waals surface area contributed by atoms with Gasteiger partial charge in [-0.3, -0.25) is 0 Å². The summed E-state index contributed by atoms with van der Waals surface area (Å²) in [5, 5.41) is 17.9. The number of nitrogens with two attached hydrogens (primary N) is 1. The summed E-state index contributed by atoms with van der Waals surface area (Å²) in [5.41, 5.74) is 7.56. The van der Waals surface area contributed by atoms with Crippen LogP contribution in [0.15, 0.2) is 42.5 Å². The van der Waals surface area contributed by atoms with E-state index in [1.54, 1.807) is 6.07 Å². The number of carboxylic acid groups (broad SMARTS) is 1. The maximum atomic E-state index is 11.0. The fourth-order valence-corrected chi connectivity index (χ4v) is 1.72. The normalized spacial score (nSPS) is 10.2. The first-order valence-corrected chi connectivity index (χ1v) is 6.04. The summed E-state index contributed by atoms with van der Waals surface area (Å²) >= 11 is 0. The van der Waals surface area contributed by atoms with Crippen LogP contribution in [0.4, 0.5) is 5.69 Å². The Hall–Kier alpha value is -2.53. The summed E-state index contributed by atoms with van der Waals surface area (Å²) in [4.78, 5) is 11.0. The average Bonchev–Trinajstić information content (AvgIpc) is 2.46. The van der Waals surface area contributed by atoms with Gasteiger partial charge in [0.05, 0.1) is 12.2 Å². The smallest absolute Gasteiger partial charge is 0.337 e. The quantitative estimate of drug-likeness (QED) is 0.725. The van der Waals surface area contributed by atoms with Crippen molar-refractivity contribution in [3.63, 3.8) is 0 Å². The maximum absolute atomic E-state index is 11.0. The van der Waals surface area contributed by atoms with E-state index >= 15 is 0 Å².